The minimum Gasteiger partial charge on any atom is -0.356 e. The Morgan fingerprint density at radius 3 is 2.58 bits per heavy atom. The van der Waals surface area contributed by atoms with Gasteiger partial charge in [-0.2, -0.15) is 13.2 Å². The van der Waals surface area contributed by atoms with E-state index in [1.807, 2.05) is 11.5 Å². The maximum Gasteiger partial charge on any atom is 0.416 e. The third-order valence-electron chi connectivity index (χ3n) is 4.65. The van der Waals surface area contributed by atoms with E-state index in [2.05, 4.69) is 32.7 Å². The van der Waals surface area contributed by atoms with Gasteiger partial charge in [-0.3, -0.25) is 0 Å². The Balaban J connectivity index is 0.00000480. The fourth-order valence-electron chi connectivity index (χ4n) is 2.98. The summed E-state index contributed by atoms with van der Waals surface area (Å²) in [6.45, 7) is 6.40. The van der Waals surface area contributed by atoms with E-state index < -0.39 is 11.7 Å². The zero-order valence-corrected chi connectivity index (χ0v) is 20.4. The van der Waals surface area contributed by atoms with E-state index >= 15 is 0 Å². The number of hydrogen-bond acceptors (Lipinski definition) is 3. The molecule has 0 aliphatic carbocycles. The van der Waals surface area contributed by atoms with Gasteiger partial charge in [0.1, 0.15) is 12.2 Å². The molecule has 0 bridgehead atoms. The molecule has 1 heterocycles. The Morgan fingerprint density at radius 1 is 1.10 bits per heavy atom. The molecule has 2 N–H and O–H groups in total. The Hall–Kier alpha value is -1.85. The van der Waals surface area contributed by atoms with Crippen LogP contribution in [0.5, 0.6) is 0 Å². The van der Waals surface area contributed by atoms with Gasteiger partial charge in [-0.1, -0.05) is 45.2 Å². The lowest BCUT2D eigenvalue weighted by Crippen LogP contribution is -2.39. The van der Waals surface area contributed by atoms with Crippen molar-refractivity contribution in [2.45, 2.75) is 65.2 Å². The molecule has 0 unspecified atom stereocenters. The quantitative estimate of drug-likeness (QED) is 0.182. The zero-order chi connectivity index (χ0) is 21.8. The van der Waals surface area contributed by atoms with Gasteiger partial charge in [-0.25, -0.2) is 4.99 Å². The van der Waals surface area contributed by atoms with Crippen molar-refractivity contribution >= 4 is 29.9 Å². The number of rotatable bonds is 11. The monoisotopic (exact) mass is 552 g/mol. The molecule has 174 valence electrons. The lowest BCUT2D eigenvalue weighted by Gasteiger charge is -2.14. The second-order valence-electron chi connectivity index (χ2n) is 7.07. The van der Waals surface area contributed by atoms with Crippen LogP contribution in [0.2, 0.25) is 0 Å². The number of aryl methyl sites for hydroxylation is 1. The molecular weight excluding hydrogens is 520 g/mol. The number of hydrogen-bond donors (Lipinski definition) is 2. The van der Waals surface area contributed by atoms with E-state index in [1.54, 1.807) is 12.4 Å². The SMILES string of the molecule is CCCCCCNC(=NCc1cccc(C(F)(F)F)c1)NCCn1cnnc1CC.I. The average Bonchev–Trinajstić information content (AvgIpc) is 3.18. The van der Waals surface area contributed by atoms with Crippen molar-refractivity contribution in [3.63, 3.8) is 0 Å². The van der Waals surface area contributed by atoms with Crippen LogP contribution in [0.1, 0.15) is 56.5 Å². The fraction of sp³-hybridized carbons (Fsp3) is 0.571. The van der Waals surface area contributed by atoms with Crippen molar-refractivity contribution in [2.75, 3.05) is 13.1 Å². The maximum atomic E-state index is 12.9. The molecule has 2 rings (SSSR count). The van der Waals surface area contributed by atoms with E-state index in [4.69, 9.17) is 0 Å². The molecule has 1 aromatic carbocycles. The van der Waals surface area contributed by atoms with Crippen LogP contribution in [0.15, 0.2) is 35.6 Å². The van der Waals surface area contributed by atoms with E-state index in [0.717, 1.165) is 50.2 Å². The van der Waals surface area contributed by atoms with Gasteiger partial charge in [0.2, 0.25) is 0 Å². The molecule has 0 saturated carbocycles. The van der Waals surface area contributed by atoms with Crippen LogP contribution in [0, 0.1) is 0 Å². The van der Waals surface area contributed by atoms with Crippen LogP contribution in [0.3, 0.4) is 0 Å². The van der Waals surface area contributed by atoms with Crippen molar-refractivity contribution in [3.05, 3.63) is 47.5 Å². The van der Waals surface area contributed by atoms with Crippen molar-refractivity contribution in [3.8, 4) is 0 Å². The molecule has 0 aliphatic heterocycles. The van der Waals surface area contributed by atoms with E-state index in [1.165, 1.54) is 12.5 Å². The summed E-state index contributed by atoms with van der Waals surface area (Å²) in [7, 11) is 0. The van der Waals surface area contributed by atoms with Gasteiger partial charge in [0.15, 0.2) is 5.96 Å². The first-order valence-electron chi connectivity index (χ1n) is 10.5. The van der Waals surface area contributed by atoms with Gasteiger partial charge in [0.25, 0.3) is 0 Å². The molecule has 10 heteroatoms. The third kappa shape index (κ3) is 9.88. The summed E-state index contributed by atoms with van der Waals surface area (Å²) < 4.78 is 40.7. The summed E-state index contributed by atoms with van der Waals surface area (Å²) in [6.07, 6.45) is 2.62. The Bertz CT molecular complexity index is 791. The van der Waals surface area contributed by atoms with Gasteiger partial charge in [0, 0.05) is 26.1 Å². The first kappa shape index (κ1) is 27.2. The molecule has 6 nitrogen and oxygen atoms in total. The lowest BCUT2D eigenvalue weighted by atomic mass is 10.1. The second-order valence-corrected chi connectivity index (χ2v) is 7.07. The maximum absolute atomic E-state index is 12.9. The van der Waals surface area contributed by atoms with Crippen molar-refractivity contribution in [1.29, 1.82) is 0 Å². The number of nitrogens with zero attached hydrogens (tertiary/aromatic N) is 4. The first-order chi connectivity index (χ1) is 14.4. The highest BCUT2D eigenvalue weighted by Crippen LogP contribution is 2.29. The minimum atomic E-state index is -4.35. The highest BCUT2D eigenvalue weighted by molar-refractivity contribution is 14.0. The van der Waals surface area contributed by atoms with Crippen molar-refractivity contribution < 1.29 is 13.2 Å². The molecule has 0 radical (unpaired) electrons. The number of unbranched alkanes of at least 4 members (excludes halogenated alkanes) is 3. The van der Waals surface area contributed by atoms with E-state index in [-0.39, 0.29) is 30.5 Å². The van der Waals surface area contributed by atoms with Gasteiger partial charge >= 0.3 is 6.18 Å². The summed E-state index contributed by atoms with van der Waals surface area (Å²) >= 11 is 0. The van der Waals surface area contributed by atoms with Crippen LogP contribution in [0.4, 0.5) is 13.2 Å². The van der Waals surface area contributed by atoms with Crippen LogP contribution >= 0.6 is 24.0 Å². The Morgan fingerprint density at radius 2 is 1.87 bits per heavy atom. The number of alkyl halides is 3. The summed E-state index contributed by atoms with van der Waals surface area (Å²) in [5.41, 5.74) is -0.138. The molecule has 0 atom stereocenters. The molecule has 0 saturated heterocycles. The van der Waals surface area contributed by atoms with Crippen molar-refractivity contribution in [1.82, 2.24) is 25.4 Å². The summed E-state index contributed by atoms with van der Waals surface area (Å²) in [4.78, 5) is 4.48. The molecule has 0 aliphatic rings. The lowest BCUT2D eigenvalue weighted by molar-refractivity contribution is -0.137. The van der Waals surface area contributed by atoms with E-state index in [9.17, 15) is 13.2 Å². The smallest absolute Gasteiger partial charge is 0.356 e. The molecular formula is C21H32F3IN6. The van der Waals surface area contributed by atoms with Gasteiger partial charge < -0.3 is 15.2 Å². The van der Waals surface area contributed by atoms with Crippen LogP contribution in [-0.4, -0.2) is 33.8 Å². The summed E-state index contributed by atoms with van der Waals surface area (Å²) in [6, 6.07) is 5.29. The number of nitrogens with one attached hydrogen (secondary N) is 2. The van der Waals surface area contributed by atoms with E-state index in [0.29, 0.717) is 24.6 Å². The van der Waals surface area contributed by atoms with Crippen molar-refractivity contribution in [2.24, 2.45) is 4.99 Å². The first-order valence-corrected chi connectivity index (χ1v) is 10.5. The Kier molecular flexibility index (Phi) is 12.5. The number of benzene rings is 1. The highest BCUT2D eigenvalue weighted by Gasteiger charge is 2.30. The second kappa shape index (κ2) is 14.3. The normalized spacial score (nSPS) is 11.8. The standard InChI is InChI=1S/C21H31F3N6.HI/c1-3-5-6-7-11-25-20(26-12-13-30-16-28-29-19(30)4-2)27-15-17-9-8-10-18(14-17)21(22,23)24;/h8-10,14,16H,3-7,11-13,15H2,1-2H3,(H2,25,26,27);1H. The van der Waals surface area contributed by atoms with Gasteiger partial charge in [-0.05, 0) is 24.1 Å². The highest BCUT2D eigenvalue weighted by atomic mass is 127. The zero-order valence-electron chi connectivity index (χ0n) is 18.1. The minimum absolute atomic E-state index is 0. The molecule has 0 amide bonds. The third-order valence-corrected chi connectivity index (χ3v) is 4.65. The number of guanidine groups is 1. The average molecular weight is 552 g/mol. The summed E-state index contributed by atoms with van der Waals surface area (Å²) in [5.74, 6) is 1.50. The predicted molar refractivity (Wildman–Crippen MR) is 128 cm³/mol. The largest absolute Gasteiger partial charge is 0.416 e. The summed E-state index contributed by atoms with van der Waals surface area (Å²) in [5, 5.41) is 14.5. The molecule has 0 spiro atoms. The van der Waals surface area contributed by atoms with Crippen LogP contribution in [0.25, 0.3) is 0 Å². The Labute approximate surface area is 199 Å². The molecule has 31 heavy (non-hydrogen) atoms. The fourth-order valence-corrected chi connectivity index (χ4v) is 2.98. The van der Waals surface area contributed by atoms with Gasteiger partial charge in [-0.15, -0.1) is 34.2 Å². The number of aliphatic imine (C=N–C) groups is 1. The number of halogens is 4. The predicted octanol–water partition coefficient (Wildman–Crippen LogP) is 4.79. The van der Waals surface area contributed by atoms with Crippen LogP contribution < -0.4 is 10.6 Å². The number of aromatic nitrogens is 3. The van der Waals surface area contributed by atoms with Crippen LogP contribution in [-0.2, 0) is 25.7 Å². The molecule has 2 aromatic rings. The molecule has 0 fully saturated rings. The molecule has 1 aromatic heterocycles. The topological polar surface area (TPSA) is 67.1 Å². The van der Waals surface area contributed by atoms with Gasteiger partial charge in [0.05, 0.1) is 12.1 Å².